The van der Waals surface area contributed by atoms with E-state index >= 15 is 0 Å². The molecule has 0 saturated heterocycles. The molecule has 2 heteroatoms. The molecule has 4 saturated carbocycles. The lowest BCUT2D eigenvalue weighted by Gasteiger charge is -2.57. The highest BCUT2D eigenvalue weighted by Crippen LogP contribution is 2.59. The minimum atomic E-state index is 0.722. The van der Waals surface area contributed by atoms with Gasteiger partial charge in [0.2, 0.25) is 0 Å². The Kier molecular flexibility index (Phi) is 4.48. The molecule has 0 atom stereocenters. The van der Waals surface area contributed by atoms with Crippen molar-refractivity contribution in [1.82, 2.24) is 10.6 Å². The summed E-state index contributed by atoms with van der Waals surface area (Å²) < 4.78 is 0. The Hall–Kier alpha value is -0.0800. The fourth-order valence-corrected chi connectivity index (χ4v) is 5.59. The highest BCUT2D eigenvalue weighted by Gasteiger charge is 2.50. The third-order valence-corrected chi connectivity index (χ3v) is 5.95. The molecule has 0 aromatic carbocycles. The topological polar surface area (TPSA) is 24.1 Å². The standard InChI is InChI=1S/C17H32N2/c1-18-5-3-2-4-6-19-13-17-10-14-7-15(11-17)9-16(8-14)12-17/h14-16,18-19H,2-13H2,1H3. The van der Waals surface area contributed by atoms with E-state index in [9.17, 15) is 0 Å². The summed E-state index contributed by atoms with van der Waals surface area (Å²) >= 11 is 0. The summed E-state index contributed by atoms with van der Waals surface area (Å²) in [5, 5.41) is 7.03. The second-order valence-corrected chi connectivity index (χ2v) is 7.76. The lowest BCUT2D eigenvalue weighted by atomic mass is 9.49. The number of nitrogens with one attached hydrogen (secondary N) is 2. The summed E-state index contributed by atoms with van der Waals surface area (Å²) in [6, 6.07) is 0. The van der Waals surface area contributed by atoms with Crippen molar-refractivity contribution >= 4 is 0 Å². The molecule has 4 rings (SSSR count). The van der Waals surface area contributed by atoms with Gasteiger partial charge in [-0.15, -0.1) is 0 Å². The summed E-state index contributed by atoms with van der Waals surface area (Å²) in [6.07, 6.45) is 13.4. The summed E-state index contributed by atoms with van der Waals surface area (Å²) in [5.41, 5.74) is 0.722. The molecule has 4 aliphatic carbocycles. The Balaban J connectivity index is 1.36. The maximum absolute atomic E-state index is 3.80. The monoisotopic (exact) mass is 264 g/mol. The van der Waals surface area contributed by atoms with E-state index in [2.05, 4.69) is 10.6 Å². The fourth-order valence-electron chi connectivity index (χ4n) is 5.59. The normalized spacial score (nSPS) is 39.9. The van der Waals surface area contributed by atoms with Gasteiger partial charge < -0.3 is 10.6 Å². The van der Waals surface area contributed by atoms with Gasteiger partial charge in [-0.05, 0) is 94.7 Å². The van der Waals surface area contributed by atoms with E-state index in [-0.39, 0.29) is 0 Å². The Labute approximate surface area is 119 Å². The van der Waals surface area contributed by atoms with Crippen molar-refractivity contribution in [3.05, 3.63) is 0 Å². The molecule has 19 heavy (non-hydrogen) atoms. The molecular weight excluding hydrogens is 232 g/mol. The quantitative estimate of drug-likeness (QED) is 0.658. The Bertz CT molecular complexity index is 252. The average molecular weight is 264 g/mol. The summed E-state index contributed by atoms with van der Waals surface area (Å²) in [7, 11) is 2.05. The maximum Gasteiger partial charge on any atom is 0.000811 e. The first-order valence-electron chi connectivity index (χ1n) is 8.65. The van der Waals surface area contributed by atoms with Crippen LogP contribution >= 0.6 is 0 Å². The van der Waals surface area contributed by atoms with Crippen LogP contribution in [0.4, 0.5) is 0 Å². The van der Waals surface area contributed by atoms with Gasteiger partial charge in [-0.3, -0.25) is 0 Å². The minimum absolute atomic E-state index is 0.722. The van der Waals surface area contributed by atoms with Crippen LogP contribution in [0.15, 0.2) is 0 Å². The van der Waals surface area contributed by atoms with Crippen LogP contribution in [0, 0.1) is 23.2 Å². The molecule has 2 N–H and O–H groups in total. The number of rotatable bonds is 8. The van der Waals surface area contributed by atoms with Crippen LogP contribution in [0.1, 0.15) is 57.8 Å². The lowest BCUT2D eigenvalue weighted by molar-refractivity contribution is -0.0512. The van der Waals surface area contributed by atoms with Crippen LogP contribution in [-0.4, -0.2) is 26.7 Å². The van der Waals surface area contributed by atoms with Crippen LogP contribution in [-0.2, 0) is 0 Å². The summed E-state index contributed by atoms with van der Waals surface area (Å²) in [4.78, 5) is 0. The van der Waals surface area contributed by atoms with Gasteiger partial charge in [-0.2, -0.15) is 0 Å². The van der Waals surface area contributed by atoms with E-state index in [1.807, 2.05) is 7.05 Å². The van der Waals surface area contributed by atoms with Crippen LogP contribution in [0.3, 0.4) is 0 Å². The zero-order chi connectivity index (χ0) is 13.1. The van der Waals surface area contributed by atoms with Crippen LogP contribution in [0.2, 0.25) is 0 Å². The zero-order valence-corrected chi connectivity index (χ0v) is 12.7. The molecule has 0 heterocycles. The molecule has 110 valence electrons. The SMILES string of the molecule is CNCCCCCNCC12CC3CC(CC(C3)C1)C2. The Morgan fingerprint density at radius 3 is 2.00 bits per heavy atom. The van der Waals surface area contributed by atoms with Crippen LogP contribution < -0.4 is 10.6 Å². The first-order valence-corrected chi connectivity index (χ1v) is 8.65. The average Bonchev–Trinajstić information content (AvgIpc) is 2.36. The van der Waals surface area contributed by atoms with Crippen molar-refractivity contribution in [3.63, 3.8) is 0 Å². The minimum Gasteiger partial charge on any atom is -0.320 e. The molecule has 4 bridgehead atoms. The molecule has 0 aromatic rings. The van der Waals surface area contributed by atoms with Gasteiger partial charge in [-0.25, -0.2) is 0 Å². The van der Waals surface area contributed by atoms with E-state index in [1.165, 1.54) is 38.9 Å². The highest BCUT2D eigenvalue weighted by molar-refractivity contribution is 5.02. The molecule has 0 amide bonds. The molecule has 0 spiro atoms. The van der Waals surface area contributed by atoms with Gasteiger partial charge in [-0.1, -0.05) is 6.42 Å². The number of hydrogen-bond donors (Lipinski definition) is 2. The number of unbranched alkanes of at least 4 members (excludes halogenated alkanes) is 2. The van der Waals surface area contributed by atoms with E-state index in [0.717, 1.165) is 23.2 Å². The van der Waals surface area contributed by atoms with E-state index in [0.29, 0.717) is 0 Å². The van der Waals surface area contributed by atoms with E-state index in [4.69, 9.17) is 0 Å². The summed E-state index contributed by atoms with van der Waals surface area (Å²) in [5.74, 6) is 3.30. The molecule has 0 radical (unpaired) electrons. The van der Waals surface area contributed by atoms with Gasteiger partial charge in [0.25, 0.3) is 0 Å². The smallest absolute Gasteiger partial charge is 0.000811 e. The van der Waals surface area contributed by atoms with E-state index in [1.54, 1.807) is 38.5 Å². The third kappa shape index (κ3) is 3.33. The van der Waals surface area contributed by atoms with Crippen molar-refractivity contribution in [2.45, 2.75) is 57.8 Å². The largest absolute Gasteiger partial charge is 0.320 e. The first kappa shape index (κ1) is 13.9. The van der Waals surface area contributed by atoms with E-state index < -0.39 is 0 Å². The molecular formula is C17H32N2. The molecule has 0 aliphatic heterocycles. The van der Waals surface area contributed by atoms with Gasteiger partial charge in [0.1, 0.15) is 0 Å². The Morgan fingerprint density at radius 2 is 1.42 bits per heavy atom. The zero-order valence-electron chi connectivity index (χ0n) is 12.7. The first-order chi connectivity index (χ1) is 9.30. The van der Waals surface area contributed by atoms with Crippen LogP contribution in [0.5, 0.6) is 0 Å². The van der Waals surface area contributed by atoms with Crippen molar-refractivity contribution in [3.8, 4) is 0 Å². The van der Waals surface area contributed by atoms with Gasteiger partial charge in [0, 0.05) is 6.54 Å². The second-order valence-electron chi connectivity index (χ2n) is 7.76. The molecule has 4 aliphatic rings. The van der Waals surface area contributed by atoms with Crippen molar-refractivity contribution < 1.29 is 0 Å². The highest BCUT2D eigenvalue weighted by atomic mass is 14.9. The second kappa shape index (κ2) is 6.13. The molecule has 2 nitrogen and oxygen atoms in total. The predicted molar refractivity (Wildman–Crippen MR) is 81.3 cm³/mol. The van der Waals surface area contributed by atoms with Crippen LogP contribution in [0.25, 0.3) is 0 Å². The maximum atomic E-state index is 3.80. The van der Waals surface area contributed by atoms with Crippen molar-refractivity contribution in [2.75, 3.05) is 26.7 Å². The molecule has 4 fully saturated rings. The molecule has 0 aromatic heterocycles. The van der Waals surface area contributed by atoms with Gasteiger partial charge in [0.05, 0.1) is 0 Å². The number of hydrogen-bond acceptors (Lipinski definition) is 2. The Morgan fingerprint density at radius 1 is 0.842 bits per heavy atom. The predicted octanol–water partition coefficient (Wildman–Crippen LogP) is 3.18. The third-order valence-electron chi connectivity index (χ3n) is 5.95. The molecule has 0 unspecified atom stereocenters. The summed E-state index contributed by atoms with van der Waals surface area (Å²) in [6.45, 7) is 3.74. The van der Waals surface area contributed by atoms with Gasteiger partial charge >= 0.3 is 0 Å². The fraction of sp³-hybridized carbons (Fsp3) is 1.00. The lowest BCUT2D eigenvalue weighted by Crippen LogP contribution is -2.50. The van der Waals surface area contributed by atoms with Crippen molar-refractivity contribution in [2.24, 2.45) is 23.2 Å². The van der Waals surface area contributed by atoms with Crippen molar-refractivity contribution in [1.29, 1.82) is 0 Å². The van der Waals surface area contributed by atoms with Gasteiger partial charge in [0.15, 0.2) is 0 Å².